The lowest BCUT2D eigenvalue weighted by Crippen LogP contribution is -2.48. The molecule has 1 aliphatic rings. The topological polar surface area (TPSA) is 24.5 Å². The van der Waals surface area contributed by atoms with E-state index in [2.05, 4.69) is 24.1 Å². The van der Waals surface area contributed by atoms with Crippen LogP contribution in [0.2, 0.25) is 5.02 Å². The largest absolute Gasteiger partial charge is 0.496 e. The van der Waals surface area contributed by atoms with Crippen LogP contribution in [0.4, 0.5) is 0 Å². The van der Waals surface area contributed by atoms with Gasteiger partial charge in [0, 0.05) is 29.2 Å². The minimum absolute atomic E-state index is 0.186. The lowest BCUT2D eigenvalue weighted by Gasteiger charge is -2.33. The van der Waals surface area contributed by atoms with Gasteiger partial charge in [0.15, 0.2) is 0 Å². The second kappa shape index (κ2) is 6.79. The lowest BCUT2D eigenvalue weighted by molar-refractivity contribution is 0.206. The van der Waals surface area contributed by atoms with Crippen molar-refractivity contribution in [2.24, 2.45) is 0 Å². The maximum absolute atomic E-state index is 6.35. The quantitative estimate of drug-likeness (QED) is 0.922. The smallest absolute Gasteiger partial charge is 0.124 e. The van der Waals surface area contributed by atoms with Crippen molar-refractivity contribution >= 4 is 11.6 Å². The highest BCUT2D eigenvalue weighted by Gasteiger charge is 2.27. The Bertz CT molecular complexity index is 452. The van der Waals surface area contributed by atoms with E-state index in [9.17, 15) is 0 Å². The molecule has 20 heavy (non-hydrogen) atoms. The summed E-state index contributed by atoms with van der Waals surface area (Å²) in [5.41, 5.74) is 1.28. The minimum atomic E-state index is 0.186. The zero-order valence-corrected chi connectivity index (χ0v) is 13.5. The summed E-state index contributed by atoms with van der Waals surface area (Å²) in [6.07, 6.45) is 2.30. The summed E-state index contributed by atoms with van der Waals surface area (Å²) < 4.78 is 5.45. The van der Waals surface area contributed by atoms with E-state index < -0.39 is 0 Å². The predicted octanol–water partition coefficient (Wildman–Crippen LogP) is 3.31. The van der Waals surface area contributed by atoms with E-state index >= 15 is 0 Å². The molecule has 0 radical (unpaired) electrons. The third kappa shape index (κ3) is 3.66. The second-order valence-electron chi connectivity index (χ2n) is 5.83. The summed E-state index contributed by atoms with van der Waals surface area (Å²) in [5, 5.41) is 4.45. The average Bonchev–Trinajstić information content (AvgIpc) is 2.63. The molecule has 0 aromatic heterocycles. The molecule has 1 aromatic rings. The Morgan fingerprint density at radius 2 is 2.25 bits per heavy atom. The van der Waals surface area contributed by atoms with Crippen molar-refractivity contribution in [1.29, 1.82) is 0 Å². The zero-order valence-electron chi connectivity index (χ0n) is 12.7. The summed E-state index contributed by atoms with van der Waals surface area (Å²) in [4.78, 5) is 2.48. The normalized spacial score (nSPS) is 24.4. The first-order chi connectivity index (χ1) is 9.58. The van der Waals surface area contributed by atoms with Crippen molar-refractivity contribution in [2.75, 3.05) is 26.7 Å². The number of halogens is 1. The van der Waals surface area contributed by atoms with Crippen LogP contribution in [0.1, 0.15) is 32.3 Å². The standard InChI is InChI=1S/C16H25ClN2O/c1-4-16(2)12-19(10-6-9-18-16)11-13-14(17)7-5-8-15(13)20-3/h5,7-8,18H,4,6,9-12H2,1-3H3. The Balaban J connectivity index is 2.16. The third-order valence-corrected chi connectivity index (χ3v) is 4.59. The number of hydrogen-bond acceptors (Lipinski definition) is 3. The van der Waals surface area contributed by atoms with Crippen molar-refractivity contribution in [3.05, 3.63) is 28.8 Å². The van der Waals surface area contributed by atoms with Crippen LogP contribution in [0.25, 0.3) is 0 Å². The lowest BCUT2D eigenvalue weighted by atomic mass is 9.98. The fourth-order valence-corrected chi connectivity index (χ4v) is 3.03. The summed E-state index contributed by atoms with van der Waals surface area (Å²) in [5.74, 6) is 0.882. The van der Waals surface area contributed by atoms with E-state index in [0.29, 0.717) is 0 Å². The number of nitrogens with zero attached hydrogens (tertiary/aromatic N) is 1. The summed E-state index contributed by atoms with van der Waals surface area (Å²) in [7, 11) is 1.70. The van der Waals surface area contributed by atoms with Crippen molar-refractivity contribution in [3.8, 4) is 5.75 Å². The van der Waals surface area contributed by atoms with Gasteiger partial charge in [-0.1, -0.05) is 24.6 Å². The van der Waals surface area contributed by atoms with E-state index in [0.717, 1.165) is 48.9 Å². The van der Waals surface area contributed by atoms with Gasteiger partial charge >= 0.3 is 0 Å². The zero-order chi connectivity index (χ0) is 14.6. The predicted molar refractivity (Wildman–Crippen MR) is 84.6 cm³/mol. The fraction of sp³-hybridized carbons (Fsp3) is 0.625. The third-order valence-electron chi connectivity index (χ3n) is 4.23. The molecular formula is C16H25ClN2O. The van der Waals surface area contributed by atoms with Gasteiger partial charge in [-0.25, -0.2) is 0 Å². The number of ether oxygens (including phenoxy) is 1. The van der Waals surface area contributed by atoms with Gasteiger partial charge in [0.1, 0.15) is 5.75 Å². The molecule has 0 saturated carbocycles. The molecule has 0 bridgehead atoms. The number of nitrogens with one attached hydrogen (secondary N) is 1. The van der Waals surface area contributed by atoms with E-state index in [4.69, 9.17) is 16.3 Å². The number of benzene rings is 1. The highest BCUT2D eigenvalue weighted by molar-refractivity contribution is 6.31. The number of methoxy groups -OCH3 is 1. The van der Waals surface area contributed by atoms with Gasteiger partial charge in [-0.3, -0.25) is 4.90 Å². The van der Waals surface area contributed by atoms with Gasteiger partial charge in [0.05, 0.1) is 7.11 Å². The van der Waals surface area contributed by atoms with Crippen molar-refractivity contribution in [2.45, 2.75) is 38.8 Å². The van der Waals surface area contributed by atoms with Crippen LogP contribution in [0, 0.1) is 0 Å². The maximum atomic E-state index is 6.35. The summed E-state index contributed by atoms with van der Waals surface area (Å²) >= 11 is 6.35. The highest BCUT2D eigenvalue weighted by Crippen LogP contribution is 2.28. The van der Waals surface area contributed by atoms with E-state index in [1.165, 1.54) is 6.42 Å². The SMILES string of the molecule is CCC1(C)CN(Cc2c(Cl)cccc2OC)CCCN1. The molecule has 1 atom stereocenters. The van der Waals surface area contributed by atoms with Gasteiger partial charge in [-0.2, -0.15) is 0 Å². The van der Waals surface area contributed by atoms with Crippen LogP contribution in [-0.4, -0.2) is 37.2 Å². The van der Waals surface area contributed by atoms with Crippen molar-refractivity contribution in [1.82, 2.24) is 10.2 Å². The Labute approximate surface area is 127 Å². The molecule has 1 aromatic carbocycles. The van der Waals surface area contributed by atoms with Crippen molar-refractivity contribution in [3.63, 3.8) is 0 Å². The molecule has 1 aliphatic heterocycles. The van der Waals surface area contributed by atoms with Crippen LogP contribution in [0.15, 0.2) is 18.2 Å². The molecule has 3 nitrogen and oxygen atoms in total. The molecule has 0 spiro atoms. The number of hydrogen-bond donors (Lipinski definition) is 1. The molecule has 0 aliphatic carbocycles. The highest BCUT2D eigenvalue weighted by atomic mass is 35.5. The van der Waals surface area contributed by atoms with Crippen molar-refractivity contribution < 1.29 is 4.74 Å². The first-order valence-electron chi connectivity index (χ1n) is 7.37. The molecule has 1 fully saturated rings. The molecule has 112 valence electrons. The molecule has 2 rings (SSSR count). The first-order valence-corrected chi connectivity index (χ1v) is 7.74. The van der Waals surface area contributed by atoms with E-state index in [-0.39, 0.29) is 5.54 Å². The summed E-state index contributed by atoms with van der Waals surface area (Å²) in [6.45, 7) is 8.61. The van der Waals surface area contributed by atoms with Gasteiger partial charge < -0.3 is 10.1 Å². The van der Waals surface area contributed by atoms with Crippen LogP contribution in [0.5, 0.6) is 5.75 Å². The van der Waals surface area contributed by atoms with Gasteiger partial charge in [-0.15, -0.1) is 0 Å². The van der Waals surface area contributed by atoms with Gasteiger partial charge in [-0.05, 0) is 45.0 Å². The fourth-order valence-electron chi connectivity index (χ4n) is 2.80. The molecular weight excluding hydrogens is 272 g/mol. The molecule has 1 heterocycles. The first kappa shape index (κ1) is 15.6. The van der Waals surface area contributed by atoms with Crippen LogP contribution in [-0.2, 0) is 6.54 Å². The van der Waals surface area contributed by atoms with Gasteiger partial charge in [0.25, 0.3) is 0 Å². The Kier molecular flexibility index (Phi) is 5.30. The van der Waals surface area contributed by atoms with Crippen LogP contribution >= 0.6 is 11.6 Å². The second-order valence-corrected chi connectivity index (χ2v) is 6.23. The van der Waals surface area contributed by atoms with E-state index in [1.807, 2.05) is 18.2 Å². The summed E-state index contributed by atoms with van der Waals surface area (Å²) in [6, 6.07) is 5.86. The Morgan fingerprint density at radius 1 is 1.45 bits per heavy atom. The Morgan fingerprint density at radius 3 is 2.95 bits per heavy atom. The molecule has 0 amide bonds. The van der Waals surface area contributed by atoms with Crippen LogP contribution in [0.3, 0.4) is 0 Å². The maximum Gasteiger partial charge on any atom is 0.124 e. The molecule has 4 heteroatoms. The molecule has 1 unspecified atom stereocenters. The molecule has 1 N–H and O–H groups in total. The monoisotopic (exact) mass is 296 g/mol. The Hall–Kier alpha value is -0.770. The van der Waals surface area contributed by atoms with E-state index in [1.54, 1.807) is 7.11 Å². The number of rotatable bonds is 4. The average molecular weight is 297 g/mol. The van der Waals surface area contributed by atoms with Crippen LogP contribution < -0.4 is 10.1 Å². The molecule has 1 saturated heterocycles. The minimum Gasteiger partial charge on any atom is -0.496 e. The van der Waals surface area contributed by atoms with Gasteiger partial charge in [0.2, 0.25) is 0 Å².